The predicted octanol–water partition coefficient (Wildman–Crippen LogP) is 2.57. The van der Waals surface area contributed by atoms with Crippen molar-refractivity contribution >= 4 is 5.95 Å². The van der Waals surface area contributed by atoms with Gasteiger partial charge in [0.15, 0.2) is 0 Å². The van der Waals surface area contributed by atoms with Crippen LogP contribution >= 0.6 is 0 Å². The van der Waals surface area contributed by atoms with Crippen LogP contribution in [-0.4, -0.2) is 33.0 Å². The fraction of sp³-hybridized carbons (Fsp3) is 0.368. The van der Waals surface area contributed by atoms with Gasteiger partial charge in [0.25, 0.3) is 17.4 Å². The van der Waals surface area contributed by atoms with E-state index in [9.17, 15) is 13.6 Å². The Hall–Kier alpha value is -3.10. The first kappa shape index (κ1) is 18.3. The molecule has 7 nitrogen and oxygen atoms in total. The van der Waals surface area contributed by atoms with E-state index in [1.54, 1.807) is 13.1 Å². The molecule has 9 heteroatoms. The van der Waals surface area contributed by atoms with E-state index < -0.39 is 11.6 Å². The molecule has 2 aromatic heterocycles. The lowest BCUT2D eigenvalue weighted by Crippen LogP contribution is -2.35. The van der Waals surface area contributed by atoms with Crippen LogP contribution in [0.3, 0.4) is 0 Å². The number of nitrogens with zero attached hydrogens (tertiary/aromatic N) is 5. The highest BCUT2D eigenvalue weighted by Crippen LogP contribution is 2.26. The molecule has 4 rings (SSSR count). The second-order valence-electron chi connectivity index (χ2n) is 6.99. The molecule has 0 radical (unpaired) electrons. The van der Waals surface area contributed by atoms with Crippen molar-refractivity contribution in [1.29, 1.82) is 0 Å². The van der Waals surface area contributed by atoms with Crippen molar-refractivity contribution in [2.75, 3.05) is 18.0 Å². The van der Waals surface area contributed by atoms with E-state index in [1.165, 1.54) is 22.9 Å². The Morgan fingerprint density at radius 1 is 1.14 bits per heavy atom. The average Bonchev–Trinajstić information content (AvgIpc) is 3.14. The number of hydrogen-bond donors (Lipinski definition) is 0. The molecule has 1 aromatic carbocycles. The number of halogens is 2. The predicted molar refractivity (Wildman–Crippen MR) is 97.8 cm³/mol. The maximum Gasteiger partial charge on any atom is 0.279 e. The standard InChI is InChI=1S/C19H19F2N5O2/c1-25-17(27)3-2-16(23-25)18-22-19(24-28-18)26-6-4-12(5-7-26)8-13-9-14(20)11-15(21)10-13/h2-3,9-12H,4-8H2,1H3. The second-order valence-corrected chi connectivity index (χ2v) is 6.99. The van der Waals surface area contributed by atoms with Gasteiger partial charge in [-0.25, -0.2) is 13.5 Å². The third-order valence-electron chi connectivity index (χ3n) is 4.94. The molecule has 1 saturated heterocycles. The Morgan fingerprint density at radius 2 is 1.86 bits per heavy atom. The molecule has 0 bridgehead atoms. The molecular formula is C19H19F2N5O2. The van der Waals surface area contributed by atoms with Gasteiger partial charge in [0.05, 0.1) is 0 Å². The molecule has 0 N–H and O–H groups in total. The lowest BCUT2D eigenvalue weighted by molar-refractivity contribution is 0.389. The smallest absolute Gasteiger partial charge is 0.279 e. The monoisotopic (exact) mass is 387 g/mol. The van der Waals surface area contributed by atoms with E-state index in [4.69, 9.17) is 4.52 Å². The van der Waals surface area contributed by atoms with Crippen LogP contribution in [0.5, 0.6) is 0 Å². The molecule has 1 aliphatic rings. The highest BCUT2D eigenvalue weighted by Gasteiger charge is 2.24. The van der Waals surface area contributed by atoms with Gasteiger partial charge < -0.3 is 9.42 Å². The van der Waals surface area contributed by atoms with Crippen molar-refractivity contribution in [3.8, 4) is 11.6 Å². The normalized spacial score (nSPS) is 15.2. The maximum atomic E-state index is 13.4. The highest BCUT2D eigenvalue weighted by atomic mass is 19.1. The van der Waals surface area contributed by atoms with Crippen LogP contribution in [0.15, 0.2) is 39.6 Å². The minimum Gasteiger partial charge on any atom is -0.338 e. The third-order valence-corrected chi connectivity index (χ3v) is 4.94. The highest BCUT2D eigenvalue weighted by molar-refractivity contribution is 5.47. The topological polar surface area (TPSA) is 77.1 Å². The molecule has 146 valence electrons. The van der Waals surface area contributed by atoms with E-state index in [1.807, 2.05) is 4.90 Å². The van der Waals surface area contributed by atoms with Gasteiger partial charge in [-0.05, 0) is 54.1 Å². The lowest BCUT2D eigenvalue weighted by Gasteiger charge is -2.30. The molecule has 0 saturated carbocycles. The molecule has 0 aliphatic carbocycles. The summed E-state index contributed by atoms with van der Waals surface area (Å²) in [5.74, 6) is -0.0180. The first-order chi connectivity index (χ1) is 13.5. The number of hydrogen-bond acceptors (Lipinski definition) is 6. The quantitative estimate of drug-likeness (QED) is 0.685. The first-order valence-electron chi connectivity index (χ1n) is 9.06. The molecule has 1 fully saturated rings. The van der Waals surface area contributed by atoms with E-state index in [-0.39, 0.29) is 11.4 Å². The Morgan fingerprint density at radius 3 is 2.54 bits per heavy atom. The van der Waals surface area contributed by atoms with Crippen LogP contribution in [0.4, 0.5) is 14.7 Å². The molecule has 0 unspecified atom stereocenters. The molecule has 0 amide bonds. The molecule has 3 heterocycles. The molecule has 3 aromatic rings. The van der Waals surface area contributed by atoms with Gasteiger partial charge in [0.2, 0.25) is 0 Å². The minimum atomic E-state index is -0.543. The van der Waals surface area contributed by atoms with Gasteiger partial charge in [-0.3, -0.25) is 4.79 Å². The summed E-state index contributed by atoms with van der Waals surface area (Å²) in [5, 5.41) is 8.12. The number of piperidine rings is 1. The van der Waals surface area contributed by atoms with Gasteiger partial charge in [-0.15, -0.1) is 0 Å². The van der Waals surface area contributed by atoms with E-state index in [0.29, 0.717) is 29.5 Å². The van der Waals surface area contributed by atoms with Crippen molar-refractivity contribution < 1.29 is 13.3 Å². The van der Waals surface area contributed by atoms with Crippen molar-refractivity contribution in [1.82, 2.24) is 19.9 Å². The van der Waals surface area contributed by atoms with Crippen LogP contribution in [-0.2, 0) is 13.5 Å². The number of benzene rings is 1. The fourth-order valence-electron chi connectivity index (χ4n) is 3.46. The molecule has 0 spiro atoms. The zero-order valence-corrected chi connectivity index (χ0v) is 15.3. The van der Waals surface area contributed by atoms with Gasteiger partial charge in [-0.2, -0.15) is 10.1 Å². The van der Waals surface area contributed by atoms with Crippen molar-refractivity contribution in [3.63, 3.8) is 0 Å². The molecule has 28 heavy (non-hydrogen) atoms. The summed E-state index contributed by atoms with van der Waals surface area (Å²) in [6.07, 6.45) is 2.36. The van der Waals surface area contributed by atoms with Gasteiger partial charge in [-0.1, -0.05) is 0 Å². The van der Waals surface area contributed by atoms with Gasteiger partial charge in [0.1, 0.15) is 17.3 Å². The summed E-state index contributed by atoms with van der Waals surface area (Å²) in [6, 6.07) is 6.61. The minimum absolute atomic E-state index is 0.219. The summed E-state index contributed by atoms with van der Waals surface area (Å²) >= 11 is 0. The molecule has 0 atom stereocenters. The summed E-state index contributed by atoms with van der Waals surface area (Å²) in [5.41, 5.74) is 0.895. The third kappa shape index (κ3) is 3.92. The van der Waals surface area contributed by atoms with Crippen molar-refractivity contribution in [3.05, 3.63) is 57.9 Å². The maximum absolute atomic E-state index is 13.4. The largest absolute Gasteiger partial charge is 0.338 e. The van der Waals surface area contributed by atoms with Gasteiger partial charge >= 0.3 is 0 Å². The van der Waals surface area contributed by atoms with Crippen LogP contribution in [0, 0.1) is 17.6 Å². The van der Waals surface area contributed by atoms with Crippen LogP contribution < -0.4 is 10.5 Å². The zero-order chi connectivity index (χ0) is 19.7. The van der Waals surface area contributed by atoms with E-state index >= 15 is 0 Å². The lowest BCUT2D eigenvalue weighted by atomic mass is 9.90. The molecular weight excluding hydrogens is 368 g/mol. The van der Waals surface area contributed by atoms with Crippen molar-refractivity contribution in [2.45, 2.75) is 19.3 Å². The average molecular weight is 387 g/mol. The zero-order valence-electron chi connectivity index (χ0n) is 15.3. The summed E-state index contributed by atoms with van der Waals surface area (Å²) in [7, 11) is 1.55. The second kappa shape index (κ2) is 7.49. The van der Waals surface area contributed by atoms with Gasteiger partial charge in [0, 0.05) is 32.3 Å². The number of rotatable bonds is 4. The fourth-order valence-corrected chi connectivity index (χ4v) is 3.46. The first-order valence-corrected chi connectivity index (χ1v) is 9.06. The summed E-state index contributed by atoms with van der Waals surface area (Å²) < 4.78 is 33.2. The molecule has 1 aliphatic heterocycles. The summed E-state index contributed by atoms with van der Waals surface area (Å²) in [6.45, 7) is 1.45. The van der Waals surface area contributed by atoms with Crippen molar-refractivity contribution in [2.24, 2.45) is 13.0 Å². The SMILES string of the molecule is Cn1nc(-c2nc(N3CCC(Cc4cc(F)cc(F)c4)CC3)no2)ccc1=O. The van der Waals surface area contributed by atoms with Crippen LogP contribution in [0.2, 0.25) is 0 Å². The van der Waals surface area contributed by atoms with E-state index in [2.05, 4.69) is 15.2 Å². The van der Waals surface area contributed by atoms with E-state index in [0.717, 1.165) is 32.0 Å². The Bertz CT molecular complexity index is 1020. The Kier molecular flexibility index (Phi) is 4.89. The number of anilines is 1. The Labute approximate surface area is 159 Å². The summed E-state index contributed by atoms with van der Waals surface area (Å²) in [4.78, 5) is 17.8. The van der Waals surface area contributed by atoms with Crippen LogP contribution in [0.25, 0.3) is 11.6 Å². The number of aryl methyl sites for hydroxylation is 1. The Balaban J connectivity index is 1.39. The van der Waals surface area contributed by atoms with Crippen LogP contribution in [0.1, 0.15) is 18.4 Å². The number of aromatic nitrogens is 4.